The Balaban J connectivity index is 1.97. The summed E-state index contributed by atoms with van der Waals surface area (Å²) in [6.45, 7) is 7.73. The molecule has 3 nitrogen and oxygen atoms in total. The normalized spacial score (nSPS) is 40.1. The molecular formula is C15H28N2O. The van der Waals surface area contributed by atoms with Gasteiger partial charge in [0.1, 0.15) is 0 Å². The Hall–Kier alpha value is -0.570. The van der Waals surface area contributed by atoms with Crippen molar-refractivity contribution in [1.82, 2.24) is 10.6 Å². The minimum absolute atomic E-state index is 0.257. The Morgan fingerprint density at radius 2 is 2.17 bits per heavy atom. The molecule has 1 saturated carbocycles. The van der Waals surface area contributed by atoms with E-state index in [1.54, 1.807) is 0 Å². The highest BCUT2D eigenvalue weighted by molar-refractivity contribution is 5.87. The van der Waals surface area contributed by atoms with E-state index in [0.29, 0.717) is 12.0 Å². The number of carbonyl (C=O) groups excluding carboxylic acids is 1. The van der Waals surface area contributed by atoms with Crippen molar-refractivity contribution in [1.29, 1.82) is 0 Å². The van der Waals surface area contributed by atoms with Crippen LogP contribution in [-0.2, 0) is 4.79 Å². The standard InChI is InChI=1S/C15H28N2O/c1-4-8-15(9-5-10-16-15)14(18)17-13-7-6-11(2)12(13)3/h11-13,16H,4-10H2,1-3H3,(H,17,18). The molecule has 2 fully saturated rings. The summed E-state index contributed by atoms with van der Waals surface area (Å²) in [6.07, 6.45) is 6.57. The van der Waals surface area contributed by atoms with E-state index in [1.807, 2.05) is 0 Å². The summed E-state index contributed by atoms with van der Waals surface area (Å²) < 4.78 is 0. The summed E-state index contributed by atoms with van der Waals surface area (Å²) in [7, 11) is 0. The average molecular weight is 252 g/mol. The van der Waals surface area contributed by atoms with Gasteiger partial charge in [-0.15, -0.1) is 0 Å². The van der Waals surface area contributed by atoms with E-state index in [4.69, 9.17) is 0 Å². The third-order valence-corrected chi connectivity index (χ3v) is 5.14. The van der Waals surface area contributed by atoms with Crippen LogP contribution in [0.15, 0.2) is 0 Å². The molecular weight excluding hydrogens is 224 g/mol. The molecule has 2 aliphatic rings. The first kappa shape index (κ1) is 13.9. The second-order valence-electron chi connectivity index (χ2n) is 6.36. The van der Waals surface area contributed by atoms with Crippen molar-refractivity contribution >= 4 is 5.91 Å². The van der Waals surface area contributed by atoms with E-state index < -0.39 is 0 Å². The molecule has 18 heavy (non-hydrogen) atoms. The predicted octanol–water partition coefficient (Wildman–Crippen LogP) is 2.46. The maximum absolute atomic E-state index is 12.6. The quantitative estimate of drug-likeness (QED) is 0.807. The molecule has 0 radical (unpaired) electrons. The second-order valence-corrected chi connectivity index (χ2v) is 6.36. The Morgan fingerprint density at radius 3 is 2.67 bits per heavy atom. The predicted molar refractivity (Wildman–Crippen MR) is 74.4 cm³/mol. The highest BCUT2D eigenvalue weighted by atomic mass is 16.2. The monoisotopic (exact) mass is 252 g/mol. The van der Waals surface area contributed by atoms with Gasteiger partial charge in [0.05, 0.1) is 5.54 Å². The first-order valence-corrected chi connectivity index (χ1v) is 7.65. The van der Waals surface area contributed by atoms with Crippen LogP contribution >= 0.6 is 0 Å². The minimum Gasteiger partial charge on any atom is -0.351 e. The van der Waals surface area contributed by atoms with Crippen molar-refractivity contribution < 1.29 is 4.79 Å². The van der Waals surface area contributed by atoms with Gasteiger partial charge in [-0.25, -0.2) is 0 Å². The number of nitrogens with one attached hydrogen (secondary N) is 2. The molecule has 2 N–H and O–H groups in total. The van der Waals surface area contributed by atoms with E-state index >= 15 is 0 Å². The lowest BCUT2D eigenvalue weighted by Crippen LogP contribution is -2.56. The Bertz CT molecular complexity index is 297. The van der Waals surface area contributed by atoms with Crippen molar-refractivity contribution in [3.05, 3.63) is 0 Å². The van der Waals surface area contributed by atoms with Gasteiger partial charge in [0.2, 0.25) is 5.91 Å². The number of carbonyl (C=O) groups is 1. The summed E-state index contributed by atoms with van der Waals surface area (Å²) >= 11 is 0. The van der Waals surface area contributed by atoms with E-state index in [9.17, 15) is 4.79 Å². The molecule has 0 aromatic heterocycles. The topological polar surface area (TPSA) is 41.1 Å². The fraction of sp³-hybridized carbons (Fsp3) is 0.933. The smallest absolute Gasteiger partial charge is 0.240 e. The first-order valence-electron chi connectivity index (χ1n) is 7.65. The second kappa shape index (κ2) is 5.60. The van der Waals surface area contributed by atoms with Crippen LogP contribution in [0.1, 0.15) is 59.3 Å². The van der Waals surface area contributed by atoms with Crippen LogP contribution in [0.4, 0.5) is 0 Å². The van der Waals surface area contributed by atoms with Gasteiger partial charge in [-0.3, -0.25) is 4.79 Å². The van der Waals surface area contributed by atoms with Crippen molar-refractivity contribution in [3.8, 4) is 0 Å². The third kappa shape index (κ3) is 2.56. The molecule has 0 aromatic rings. The maximum atomic E-state index is 12.6. The van der Waals surface area contributed by atoms with Gasteiger partial charge in [0.15, 0.2) is 0 Å². The van der Waals surface area contributed by atoms with Crippen molar-refractivity contribution in [2.75, 3.05) is 6.54 Å². The van der Waals surface area contributed by atoms with Gasteiger partial charge in [0.25, 0.3) is 0 Å². The molecule has 4 unspecified atom stereocenters. The number of amides is 1. The van der Waals surface area contributed by atoms with E-state index in [1.165, 1.54) is 6.42 Å². The number of hydrogen-bond acceptors (Lipinski definition) is 2. The summed E-state index contributed by atoms with van der Waals surface area (Å²) in [5.74, 6) is 1.62. The van der Waals surface area contributed by atoms with Crippen molar-refractivity contribution in [2.45, 2.75) is 70.9 Å². The fourth-order valence-electron chi connectivity index (χ4n) is 3.63. The van der Waals surface area contributed by atoms with Gasteiger partial charge >= 0.3 is 0 Å². The minimum atomic E-state index is -0.264. The van der Waals surface area contributed by atoms with Crippen molar-refractivity contribution in [3.63, 3.8) is 0 Å². The van der Waals surface area contributed by atoms with Crippen LogP contribution in [0.2, 0.25) is 0 Å². The number of hydrogen-bond donors (Lipinski definition) is 2. The molecule has 2 rings (SSSR count). The Morgan fingerprint density at radius 1 is 1.39 bits per heavy atom. The lowest BCUT2D eigenvalue weighted by molar-refractivity contribution is -0.128. The van der Waals surface area contributed by atoms with Crippen LogP contribution in [-0.4, -0.2) is 24.0 Å². The molecule has 0 spiro atoms. The zero-order valence-corrected chi connectivity index (χ0v) is 12.1. The molecule has 1 amide bonds. The SMILES string of the molecule is CCCC1(C(=O)NC2CCC(C)C2C)CCCN1. The van der Waals surface area contributed by atoms with Crippen LogP contribution in [0.5, 0.6) is 0 Å². The summed E-state index contributed by atoms with van der Waals surface area (Å²) in [5, 5.41) is 6.78. The van der Waals surface area contributed by atoms with Crippen LogP contribution < -0.4 is 10.6 Å². The van der Waals surface area contributed by atoms with Gasteiger partial charge in [-0.1, -0.05) is 27.2 Å². The highest BCUT2D eigenvalue weighted by Crippen LogP contribution is 2.32. The molecule has 3 heteroatoms. The molecule has 0 aromatic carbocycles. The van der Waals surface area contributed by atoms with Gasteiger partial charge in [-0.05, 0) is 50.5 Å². The Labute approximate surface area is 111 Å². The van der Waals surface area contributed by atoms with E-state index in [0.717, 1.165) is 44.6 Å². The molecule has 4 atom stereocenters. The van der Waals surface area contributed by atoms with Gasteiger partial charge in [-0.2, -0.15) is 0 Å². The van der Waals surface area contributed by atoms with E-state index in [-0.39, 0.29) is 11.4 Å². The molecule has 1 saturated heterocycles. The van der Waals surface area contributed by atoms with Gasteiger partial charge in [0, 0.05) is 6.04 Å². The third-order valence-electron chi connectivity index (χ3n) is 5.14. The van der Waals surface area contributed by atoms with E-state index in [2.05, 4.69) is 31.4 Å². The zero-order valence-electron chi connectivity index (χ0n) is 12.1. The largest absolute Gasteiger partial charge is 0.351 e. The average Bonchev–Trinajstić information content (AvgIpc) is 2.93. The summed E-state index contributed by atoms with van der Waals surface area (Å²) in [5.41, 5.74) is -0.264. The van der Waals surface area contributed by atoms with Crippen LogP contribution in [0.25, 0.3) is 0 Å². The molecule has 1 heterocycles. The number of rotatable bonds is 4. The fourth-order valence-corrected chi connectivity index (χ4v) is 3.63. The Kier molecular flexibility index (Phi) is 4.31. The van der Waals surface area contributed by atoms with Crippen molar-refractivity contribution in [2.24, 2.45) is 11.8 Å². The molecule has 0 bridgehead atoms. The maximum Gasteiger partial charge on any atom is 0.240 e. The van der Waals surface area contributed by atoms with Crippen LogP contribution in [0, 0.1) is 11.8 Å². The van der Waals surface area contributed by atoms with Crippen LogP contribution in [0.3, 0.4) is 0 Å². The first-order chi connectivity index (χ1) is 8.59. The lowest BCUT2D eigenvalue weighted by atomic mass is 9.89. The lowest BCUT2D eigenvalue weighted by Gasteiger charge is -2.31. The molecule has 1 aliphatic carbocycles. The van der Waals surface area contributed by atoms with Gasteiger partial charge < -0.3 is 10.6 Å². The molecule has 1 aliphatic heterocycles. The summed E-state index contributed by atoms with van der Waals surface area (Å²) in [6, 6.07) is 0.392. The highest BCUT2D eigenvalue weighted by Gasteiger charge is 2.42. The zero-order chi connectivity index (χ0) is 13.2. The summed E-state index contributed by atoms with van der Waals surface area (Å²) in [4.78, 5) is 12.6. The molecule has 104 valence electrons.